The summed E-state index contributed by atoms with van der Waals surface area (Å²) in [5.41, 5.74) is 1.64. The van der Waals surface area contributed by atoms with Gasteiger partial charge < -0.3 is 10.6 Å². The number of hydrogen-bond acceptors (Lipinski definition) is 4. The van der Waals surface area contributed by atoms with Crippen LogP contribution in [0.15, 0.2) is 72.1 Å². The molecule has 0 spiro atoms. The first-order chi connectivity index (χ1) is 15.4. The number of carbonyl (C=O) groups is 2. The third-order valence-electron chi connectivity index (χ3n) is 5.43. The van der Waals surface area contributed by atoms with E-state index in [0.717, 1.165) is 24.8 Å². The monoisotopic (exact) mass is 455 g/mol. The predicted octanol–water partition coefficient (Wildman–Crippen LogP) is 3.10. The van der Waals surface area contributed by atoms with Gasteiger partial charge in [0, 0.05) is 31.2 Å². The van der Waals surface area contributed by atoms with E-state index in [9.17, 15) is 18.0 Å². The Morgan fingerprint density at radius 3 is 2.47 bits per heavy atom. The Morgan fingerprint density at radius 1 is 1.06 bits per heavy atom. The second-order valence-electron chi connectivity index (χ2n) is 7.83. The number of nitrogens with zero attached hydrogens (tertiary/aromatic N) is 1. The highest BCUT2D eigenvalue weighted by Gasteiger charge is 2.29. The lowest BCUT2D eigenvalue weighted by molar-refractivity contribution is -0.117. The zero-order valence-corrected chi connectivity index (χ0v) is 18.8. The molecule has 3 rings (SSSR count). The van der Waals surface area contributed by atoms with E-state index >= 15 is 0 Å². The molecule has 0 aromatic heterocycles. The van der Waals surface area contributed by atoms with Crippen molar-refractivity contribution in [3.8, 4) is 0 Å². The zero-order valence-electron chi connectivity index (χ0n) is 18.0. The molecule has 0 aliphatic carbocycles. The van der Waals surface area contributed by atoms with Crippen molar-refractivity contribution in [3.05, 3.63) is 72.8 Å². The van der Waals surface area contributed by atoms with Crippen molar-refractivity contribution in [1.29, 1.82) is 0 Å². The first-order valence-electron chi connectivity index (χ1n) is 10.8. The first-order valence-corrected chi connectivity index (χ1v) is 12.2. The summed E-state index contributed by atoms with van der Waals surface area (Å²) in [7, 11) is -3.71. The summed E-state index contributed by atoms with van der Waals surface area (Å²) in [6, 6.07) is 15.7. The molecule has 2 N–H and O–H groups in total. The molecule has 1 heterocycles. The number of amides is 2. The second kappa shape index (κ2) is 11.1. The van der Waals surface area contributed by atoms with Crippen molar-refractivity contribution in [3.63, 3.8) is 0 Å². The third kappa shape index (κ3) is 6.51. The smallest absolute Gasteiger partial charge is 0.243 e. The molecule has 1 aliphatic heterocycles. The van der Waals surface area contributed by atoms with Crippen LogP contribution in [0.2, 0.25) is 0 Å². The van der Waals surface area contributed by atoms with Gasteiger partial charge in [0.2, 0.25) is 21.8 Å². The van der Waals surface area contributed by atoms with Crippen molar-refractivity contribution in [2.24, 2.45) is 0 Å². The van der Waals surface area contributed by atoms with Gasteiger partial charge in [-0.3, -0.25) is 9.59 Å². The highest BCUT2D eigenvalue weighted by atomic mass is 32.2. The zero-order chi connectivity index (χ0) is 23.0. The van der Waals surface area contributed by atoms with Crippen LogP contribution in [0.5, 0.6) is 0 Å². The van der Waals surface area contributed by atoms with Gasteiger partial charge in [-0.15, -0.1) is 0 Å². The minimum Gasteiger partial charge on any atom is -0.349 e. The van der Waals surface area contributed by atoms with Gasteiger partial charge in [-0.2, -0.15) is 4.31 Å². The van der Waals surface area contributed by atoms with Crippen molar-refractivity contribution in [1.82, 2.24) is 9.62 Å². The Morgan fingerprint density at radius 2 is 1.78 bits per heavy atom. The molecule has 1 aliphatic rings. The van der Waals surface area contributed by atoms with Crippen molar-refractivity contribution in [2.45, 2.75) is 43.0 Å². The molecule has 7 nitrogen and oxygen atoms in total. The number of benzene rings is 2. The molecule has 0 bridgehead atoms. The van der Waals surface area contributed by atoms with Crippen LogP contribution in [0.3, 0.4) is 0 Å². The standard InChI is InChI=1S/C24H29N3O4S/c1-2-23(28)26-21-10-6-7-17-27(18-21)32(30,31)22-14-12-20(13-15-22)25-24(29)16-11-19-8-4-3-5-9-19/h2-5,8-9,12-15,21H,1,6-7,10-11,16-18H2,(H,25,29)(H,26,28). The van der Waals surface area contributed by atoms with Crippen LogP contribution in [-0.4, -0.2) is 43.7 Å². The van der Waals surface area contributed by atoms with Gasteiger partial charge >= 0.3 is 0 Å². The van der Waals surface area contributed by atoms with Crippen molar-refractivity contribution in [2.75, 3.05) is 18.4 Å². The Kier molecular flexibility index (Phi) is 8.19. The van der Waals surface area contributed by atoms with Gasteiger partial charge in [-0.1, -0.05) is 43.3 Å². The second-order valence-corrected chi connectivity index (χ2v) is 9.76. The summed E-state index contributed by atoms with van der Waals surface area (Å²) in [6.45, 7) is 4.07. The molecule has 2 aromatic carbocycles. The van der Waals surface area contributed by atoms with Crippen LogP contribution in [0.4, 0.5) is 5.69 Å². The average molecular weight is 456 g/mol. The summed E-state index contributed by atoms with van der Waals surface area (Å²) in [5.74, 6) is -0.431. The lowest BCUT2D eigenvalue weighted by atomic mass is 10.1. The van der Waals surface area contributed by atoms with Gasteiger partial charge in [0.05, 0.1) is 4.90 Å². The number of anilines is 1. The summed E-state index contributed by atoms with van der Waals surface area (Å²) in [5, 5.41) is 5.62. The van der Waals surface area contributed by atoms with Crippen LogP contribution in [0.25, 0.3) is 0 Å². The molecular formula is C24H29N3O4S. The van der Waals surface area contributed by atoms with Crippen LogP contribution in [0, 0.1) is 0 Å². The first kappa shape index (κ1) is 23.7. The fraction of sp³-hybridized carbons (Fsp3) is 0.333. The minimum absolute atomic E-state index is 0.127. The minimum atomic E-state index is -3.71. The van der Waals surface area contributed by atoms with Crippen LogP contribution < -0.4 is 10.6 Å². The van der Waals surface area contributed by atoms with E-state index in [1.165, 1.54) is 22.5 Å². The molecule has 1 saturated heterocycles. The van der Waals surface area contributed by atoms with E-state index in [4.69, 9.17) is 0 Å². The molecule has 1 unspecified atom stereocenters. The molecule has 2 amide bonds. The van der Waals surface area contributed by atoms with Crippen molar-refractivity contribution < 1.29 is 18.0 Å². The topological polar surface area (TPSA) is 95.6 Å². The molecule has 170 valence electrons. The number of nitrogens with one attached hydrogen (secondary N) is 2. The molecule has 8 heteroatoms. The van der Waals surface area contributed by atoms with Crippen LogP contribution in [-0.2, 0) is 26.0 Å². The van der Waals surface area contributed by atoms with E-state index in [1.807, 2.05) is 30.3 Å². The number of carbonyl (C=O) groups excluding carboxylic acids is 2. The van der Waals surface area contributed by atoms with E-state index < -0.39 is 10.0 Å². The Balaban J connectivity index is 1.61. The molecule has 1 fully saturated rings. The normalized spacial score (nSPS) is 17.2. The lowest BCUT2D eigenvalue weighted by Gasteiger charge is -2.24. The quantitative estimate of drug-likeness (QED) is 0.598. The highest BCUT2D eigenvalue weighted by molar-refractivity contribution is 7.89. The highest BCUT2D eigenvalue weighted by Crippen LogP contribution is 2.22. The van der Waals surface area contributed by atoms with Gasteiger partial charge in [-0.25, -0.2) is 8.42 Å². The summed E-state index contributed by atoms with van der Waals surface area (Å²) in [4.78, 5) is 24.0. The van der Waals surface area contributed by atoms with Gasteiger partial charge in [0.15, 0.2) is 0 Å². The Hall–Kier alpha value is -2.97. The maximum Gasteiger partial charge on any atom is 0.243 e. The Bertz CT molecular complexity index is 1040. The van der Waals surface area contributed by atoms with Crippen LogP contribution >= 0.6 is 0 Å². The summed E-state index contributed by atoms with van der Waals surface area (Å²) >= 11 is 0. The lowest BCUT2D eigenvalue weighted by Crippen LogP contribution is -2.44. The molecular weight excluding hydrogens is 426 g/mol. The summed E-state index contributed by atoms with van der Waals surface area (Å²) < 4.78 is 27.7. The van der Waals surface area contributed by atoms with Gasteiger partial charge in [-0.05, 0) is 55.2 Å². The third-order valence-corrected chi connectivity index (χ3v) is 7.30. The fourth-order valence-corrected chi connectivity index (χ4v) is 5.21. The van der Waals surface area contributed by atoms with E-state index in [2.05, 4.69) is 17.2 Å². The van der Waals surface area contributed by atoms with E-state index in [-0.39, 0.29) is 29.3 Å². The van der Waals surface area contributed by atoms with Gasteiger partial charge in [0.25, 0.3) is 0 Å². The van der Waals surface area contributed by atoms with Gasteiger partial charge in [0.1, 0.15) is 0 Å². The number of hydrogen-bond donors (Lipinski definition) is 2. The molecule has 2 aromatic rings. The number of rotatable bonds is 8. The fourth-order valence-electron chi connectivity index (χ4n) is 3.69. The predicted molar refractivity (Wildman–Crippen MR) is 125 cm³/mol. The molecule has 32 heavy (non-hydrogen) atoms. The average Bonchev–Trinajstić information content (AvgIpc) is 3.05. The number of sulfonamides is 1. The van der Waals surface area contributed by atoms with Crippen LogP contribution in [0.1, 0.15) is 31.2 Å². The maximum atomic E-state index is 13.1. The SMILES string of the molecule is C=CC(=O)NC1CCCCN(S(=O)(=O)c2ccc(NC(=O)CCc3ccccc3)cc2)C1. The maximum absolute atomic E-state index is 13.1. The van der Waals surface area contributed by atoms with E-state index in [1.54, 1.807) is 12.1 Å². The Labute approximate surface area is 189 Å². The molecule has 0 radical (unpaired) electrons. The molecule has 1 atom stereocenters. The van der Waals surface area contributed by atoms with Crippen molar-refractivity contribution >= 4 is 27.5 Å². The largest absolute Gasteiger partial charge is 0.349 e. The molecule has 0 saturated carbocycles. The number of aryl methyl sites for hydroxylation is 1. The van der Waals surface area contributed by atoms with E-state index in [0.29, 0.717) is 25.1 Å². The summed E-state index contributed by atoms with van der Waals surface area (Å²) in [6.07, 6.45) is 4.46.